The average Bonchev–Trinajstić information content (AvgIpc) is 1.58. The van der Waals surface area contributed by atoms with Crippen LogP contribution in [0.1, 0.15) is 6.92 Å². The molecule has 0 aliphatic rings. The summed E-state index contributed by atoms with van der Waals surface area (Å²) >= 11 is 5.11. The van der Waals surface area contributed by atoms with Crippen molar-refractivity contribution in [2.45, 2.75) is 6.92 Å². The normalized spacial score (nSPS) is 10.8. The Bertz CT molecular complexity index is 184. The highest BCUT2D eigenvalue weighted by molar-refractivity contribution is 6.30. The fraction of sp³-hybridized carbons (Fsp3) is 0.200. The van der Waals surface area contributed by atoms with Gasteiger partial charge in [-0.05, 0) is 11.6 Å². The lowest BCUT2D eigenvalue weighted by Crippen LogP contribution is -1.97. The number of carboxylic acids is 1. The maximum absolute atomic E-state index is 10.1. The molecular weight excluding hydrogens is 160 g/mol. The number of esters is 1. The first-order valence-corrected chi connectivity index (χ1v) is 2.68. The number of hydrogen-bond acceptors (Lipinski definition) is 3. The van der Waals surface area contributed by atoms with Gasteiger partial charge in [0.2, 0.25) is 5.22 Å². The Labute approximate surface area is 62.0 Å². The molecule has 0 aromatic rings. The second-order valence-electron chi connectivity index (χ2n) is 1.38. The highest BCUT2D eigenvalue weighted by atomic mass is 35.5. The molecule has 0 saturated carbocycles. The average molecular weight is 165 g/mol. The summed E-state index contributed by atoms with van der Waals surface area (Å²) in [7, 11) is 0. The van der Waals surface area contributed by atoms with Gasteiger partial charge >= 0.3 is 11.9 Å². The van der Waals surface area contributed by atoms with Gasteiger partial charge in [0.05, 0.1) is 6.08 Å². The summed E-state index contributed by atoms with van der Waals surface area (Å²) in [5.74, 6) is -1.91. The van der Waals surface area contributed by atoms with Gasteiger partial charge in [0.15, 0.2) is 0 Å². The molecule has 0 amide bonds. The molecule has 0 atom stereocenters. The number of carbonyl (C=O) groups excluding carboxylic acids is 1. The van der Waals surface area contributed by atoms with E-state index in [2.05, 4.69) is 4.74 Å². The van der Waals surface area contributed by atoms with Gasteiger partial charge in [-0.1, -0.05) is 0 Å². The molecule has 0 unspecified atom stereocenters. The molecule has 0 heterocycles. The van der Waals surface area contributed by atoms with Crippen molar-refractivity contribution in [3.8, 4) is 0 Å². The molecule has 0 aromatic carbocycles. The van der Waals surface area contributed by atoms with E-state index >= 15 is 0 Å². The summed E-state index contributed by atoms with van der Waals surface area (Å²) in [6.07, 6.45) is 0.586. The molecule has 10 heavy (non-hydrogen) atoms. The molecule has 0 radical (unpaired) electrons. The summed E-state index contributed by atoms with van der Waals surface area (Å²) in [4.78, 5) is 19.9. The lowest BCUT2D eigenvalue weighted by atomic mass is 10.6. The Morgan fingerprint density at radius 1 is 1.60 bits per heavy atom. The van der Waals surface area contributed by atoms with Gasteiger partial charge in [0.1, 0.15) is 0 Å². The minimum Gasteiger partial charge on any atom is -0.478 e. The predicted molar refractivity (Wildman–Crippen MR) is 33.3 cm³/mol. The van der Waals surface area contributed by atoms with Crippen LogP contribution in [-0.4, -0.2) is 17.0 Å². The highest BCUT2D eigenvalue weighted by Crippen LogP contribution is 2.02. The first-order chi connectivity index (χ1) is 4.52. The van der Waals surface area contributed by atoms with E-state index in [9.17, 15) is 9.59 Å². The zero-order valence-electron chi connectivity index (χ0n) is 5.13. The van der Waals surface area contributed by atoms with Crippen molar-refractivity contribution in [3.63, 3.8) is 0 Å². The van der Waals surface area contributed by atoms with E-state index in [-0.39, 0.29) is 0 Å². The first kappa shape index (κ1) is 8.97. The maximum Gasteiger partial charge on any atom is 0.333 e. The van der Waals surface area contributed by atoms with Crippen LogP contribution in [0.5, 0.6) is 0 Å². The topological polar surface area (TPSA) is 63.6 Å². The van der Waals surface area contributed by atoms with Crippen LogP contribution in [0.3, 0.4) is 0 Å². The van der Waals surface area contributed by atoms with E-state index < -0.39 is 17.2 Å². The molecule has 1 N–H and O–H groups in total. The molecule has 0 fully saturated rings. The Balaban J connectivity index is 3.95. The molecule has 0 saturated heterocycles. The van der Waals surface area contributed by atoms with E-state index in [0.29, 0.717) is 6.08 Å². The minimum atomic E-state index is -1.26. The van der Waals surface area contributed by atoms with Crippen LogP contribution >= 0.6 is 11.6 Å². The minimum absolute atomic E-state index is 0.444. The van der Waals surface area contributed by atoms with Crippen LogP contribution in [0, 0.1) is 0 Å². The van der Waals surface area contributed by atoms with Crippen LogP contribution in [0.25, 0.3) is 0 Å². The standard InChI is InChI=1S/C5H5ClO4/c1-3(7)10-4(6)2-5(8)9/h2H,1H3,(H,8,9). The predicted octanol–water partition coefficient (Wildman–Crippen LogP) is 0.714. The fourth-order valence-corrected chi connectivity index (χ4v) is 0.466. The SMILES string of the molecule is CC(=O)OC(Cl)=CC(=O)O. The molecule has 4 nitrogen and oxygen atoms in total. The quantitative estimate of drug-likeness (QED) is 0.371. The van der Waals surface area contributed by atoms with Crippen LogP contribution in [0.4, 0.5) is 0 Å². The Morgan fingerprint density at radius 3 is 2.40 bits per heavy atom. The van der Waals surface area contributed by atoms with E-state index in [1.807, 2.05) is 0 Å². The molecule has 0 aromatic heterocycles. The van der Waals surface area contributed by atoms with Crippen molar-refractivity contribution in [1.82, 2.24) is 0 Å². The zero-order chi connectivity index (χ0) is 8.15. The summed E-state index contributed by atoms with van der Waals surface area (Å²) in [6, 6.07) is 0. The number of hydrogen-bond donors (Lipinski definition) is 1. The van der Waals surface area contributed by atoms with Crippen LogP contribution in [0.15, 0.2) is 11.3 Å². The van der Waals surface area contributed by atoms with Gasteiger partial charge in [-0.15, -0.1) is 0 Å². The van der Waals surface area contributed by atoms with Gasteiger partial charge in [0.25, 0.3) is 0 Å². The molecule has 0 aliphatic heterocycles. The second kappa shape index (κ2) is 3.90. The summed E-state index contributed by atoms with van der Waals surface area (Å²) < 4.78 is 4.17. The smallest absolute Gasteiger partial charge is 0.333 e. The van der Waals surface area contributed by atoms with Gasteiger partial charge < -0.3 is 9.84 Å². The van der Waals surface area contributed by atoms with Gasteiger partial charge in [-0.25, -0.2) is 4.79 Å². The number of halogens is 1. The van der Waals surface area contributed by atoms with Gasteiger partial charge in [-0.2, -0.15) is 0 Å². The van der Waals surface area contributed by atoms with E-state index in [1.54, 1.807) is 0 Å². The fourth-order valence-electron chi connectivity index (χ4n) is 0.264. The maximum atomic E-state index is 10.1. The van der Waals surface area contributed by atoms with Gasteiger partial charge in [-0.3, -0.25) is 4.79 Å². The number of carbonyl (C=O) groups is 2. The monoisotopic (exact) mass is 164 g/mol. The number of aliphatic carboxylic acids is 1. The Kier molecular flexibility index (Phi) is 3.49. The van der Waals surface area contributed by atoms with Crippen molar-refractivity contribution in [2.75, 3.05) is 0 Å². The second-order valence-corrected chi connectivity index (χ2v) is 1.75. The van der Waals surface area contributed by atoms with Crippen molar-refractivity contribution >= 4 is 23.5 Å². The molecule has 5 heteroatoms. The van der Waals surface area contributed by atoms with Crippen molar-refractivity contribution < 1.29 is 19.4 Å². The summed E-state index contributed by atoms with van der Waals surface area (Å²) in [5, 5.41) is 7.60. The van der Waals surface area contributed by atoms with Crippen molar-refractivity contribution in [2.24, 2.45) is 0 Å². The number of carboxylic acid groups (broad SMARTS) is 1. The van der Waals surface area contributed by atoms with Crippen molar-refractivity contribution in [3.05, 3.63) is 11.3 Å². The molecule has 56 valence electrons. The third kappa shape index (κ3) is 5.11. The molecule has 0 rings (SSSR count). The third-order valence-electron chi connectivity index (χ3n) is 0.478. The zero-order valence-corrected chi connectivity index (χ0v) is 5.88. The third-order valence-corrected chi connectivity index (χ3v) is 0.664. The number of rotatable bonds is 2. The van der Waals surface area contributed by atoms with Crippen molar-refractivity contribution in [1.29, 1.82) is 0 Å². The lowest BCUT2D eigenvalue weighted by molar-refractivity contribution is -0.136. The highest BCUT2D eigenvalue weighted by Gasteiger charge is 1.99. The molecule has 0 aliphatic carbocycles. The molecular formula is C5H5ClO4. The Morgan fingerprint density at radius 2 is 2.10 bits per heavy atom. The van der Waals surface area contributed by atoms with E-state index in [4.69, 9.17) is 16.7 Å². The summed E-state index contributed by atoms with van der Waals surface area (Å²) in [6.45, 7) is 1.12. The van der Waals surface area contributed by atoms with Crippen LogP contribution in [-0.2, 0) is 14.3 Å². The number of ether oxygens (including phenoxy) is 1. The largest absolute Gasteiger partial charge is 0.478 e. The lowest BCUT2D eigenvalue weighted by Gasteiger charge is -1.93. The van der Waals surface area contributed by atoms with Crippen LogP contribution < -0.4 is 0 Å². The van der Waals surface area contributed by atoms with Gasteiger partial charge in [0, 0.05) is 6.92 Å². The Hall–Kier alpha value is -1.03. The first-order valence-electron chi connectivity index (χ1n) is 2.31. The summed E-state index contributed by atoms with van der Waals surface area (Å²) in [5.41, 5.74) is 0. The van der Waals surface area contributed by atoms with E-state index in [1.165, 1.54) is 0 Å². The molecule has 0 spiro atoms. The molecule has 0 bridgehead atoms. The van der Waals surface area contributed by atoms with E-state index in [0.717, 1.165) is 6.92 Å². The van der Waals surface area contributed by atoms with Crippen LogP contribution in [0.2, 0.25) is 0 Å².